The first-order chi connectivity index (χ1) is 7.65. The van der Waals surface area contributed by atoms with Crippen molar-refractivity contribution in [2.45, 2.75) is 32.1 Å². The Labute approximate surface area is 93.5 Å². The summed E-state index contributed by atoms with van der Waals surface area (Å²) in [6.07, 6.45) is 4.27. The van der Waals surface area contributed by atoms with Gasteiger partial charge in [0.15, 0.2) is 11.6 Å². The number of Topliss-reactive ketones (excluding diaryl/α,β-unsaturated/α-hetero) is 1. The van der Waals surface area contributed by atoms with Crippen molar-refractivity contribution in [3.63, 3.8) is 0 Å². The van der Waals surface area contributed by atoms with Crippen molar-refractivity contribution in [1.82, 2.24) is 0 Å². The molecule has 2 rings (SSSR count). The number of ketones is 1. The van der Waals surface area contributed by atoms with Crippen LogP contribution in [0, 0.1) is 17.6 Å². The van der Waals surface area contributed by atoms with E-state index < -0.39 is 11.6 Å². The molecule has 0 aliphatic heterocycles. The highest BCUT2D eigenvalue weighted by molar-refractivity contribution is 5.81. The summed E-state index contributed by atoms with van der Waals surface area (Å²) in [4.78, 5) is 11.6. The van der Waals surface area contributed by atoms with Crippen LogP contribution in [0.2, 0.25) is 0 Å². The van der Waals surface area contributed by atoms with Crippen molar-refractivity contribution in [3.05, 3.63) is 35.4 Å². The number of hydrogen-bond donors (Lipinski definition) is 0. The molecule has 0 aromatic heterocycles. The molecule has 0 N–H and O–H groups in total. The molecule has 0 saturated heterocycles. The number of hydrogen-bond acceptors (Lipinski definition) is 1. The van der Waals surface area contributed by atoms with E-state index in [1.807, 2.05) is 0 Å². The van der Waals surface area contributed by atoms with Crippen LogP contribution in [-0.4, -0.2) is 5.78 Å². The summed E-state index contributed by atoms with van der Waals surface area (Å²) in [5.41, 5.74) is 0.559. The van der Waals surface area contributed by atoms with Crippen molar-refractivity contribution in [2.75, 3.05) is 0 Å². The molecule has 0 amide bonds. The van der Waals surface area contributed by atoms with Gasteiger partial charge in [0.25, 0.3) is 0 Å². The quantitative estimate of drug-likeness (QED) is 0.767. The fraction of sp³-hybridized carbons (Fsp3) is 0.462. The Hall–Kier alpha value is -1.25. The molecule has 1 saturated carbocycles. The molecule has 3 heteroatoms. The van der Waals surface area contributed by atoms with Crippen molar-refractivity contribution >= 4 is 5.78 Å². The molecule has 0 spiro atoms. The van der Waals surface area contributed by atoms with Gasteiger partial charge < -0.3 is 0 Å². The monoisotopic (exact) mass is 224 g/mol. The molecule has 0 heterocycles. The first-order valence-electron chi connectivity index (χ1n) is 5.61. The van der Waals surface area contributed by atoms with Gasteiger partial charge >= 0.3 is 0 Å². The first kappa shape index (κ1) is 11.2. The highest BCUT2D eigenvalue weighted by atomic mass is 19.2. The average Bonchev–Trinajstić information content (AvgIpc) is 2.18. The predicted molar refractivity (Wildman–Crippen MR) is 57.0 cm³/mol. The van der Waals surface area contributed by atoms with Gasteiger partial charge in [0.05, 0.1) is 0 Å². The molecule has 1 aliphatic carbocycles. The van der Waals surface area contributed by atoms with Gasteiger partial charge in [0.1, 0.15) is 5.78 Å². The molecule has 1 aromatic carbocycles. The zero-order valence-electron chi connectivity index (χ0n) is 9.01. The Kier molecular flexibility index (Phi) is 3.32. The van der Waals surface area contributed by atoms with E-state index in [9.17, 15) is 13.6 Å². The Morgan fingerprint density at radius 1 is 1.25 bits per heavy atom. The van der Waals surface area contributed by atoms with Crippen LogP contribution < -0.4 is 0 Å². The maximum Gasteiger partial charge on any atom is 0.159 e. The van der Waals surface area contributed by atoms with Gasteiger partial charge in [-0.3, -0.25) is 4.79 Å². The van der Waals surface area contributed by atoms with Gasteiger partial charge in [-0.15, -0.1) is 0 Å². The van der Waals surface area contributed by atoms with Crippen LogP contribution in [0.5, 0.6) is 0 Å². The number of carbonyl (C=O) groups excluding carboxylic acids is 1. The molecule has 1 nitrogen and oxygen atoms in total. The molecular formula is C13H14F2O. The fourth-order valence-electron chi connectivity index (χ4n) is 1.97. The van der Waals surface area contributed by atoms with E-state index in [-0.39, 0.29) is 12.2 Å². The van der Waals surface area contributed by atoms with Gasteiger partial charge in [-0.25, -0.2) is 8.78 Å². The standard InChI is InChI=1S/C13H14F2O/c14-12-5-4-10(8-13(12)15)7-11(16)6-9-2-1-3-9/h4-5,8-9H,1-3,6-7H2. The third kappa shape index (κ3) is 2.65. The third-order valence-electron chi connectivity index (χ3n) is 3.13. The van der Waals surface area contributed by atoms with Crippen LogP contribution in [0.25, 0.3) is 0 Å². The highest BCUT2D eigenvalue weighted by Gasteiger charge is 2.20. The van der Waals surface area contributed by atoms with Crippen molar-refractivity contribution in [2.24, 2.45) is 5.92 Å². The maximum absolute atomic E-state index is 12.9. The van der Waals surface area contributed by atoms with Crippen LogP contribution >= 0.6 is 0 Å². The summed E-state index contributed by atoms with van der Waals surface area (Å²) in [6, 6.07) is 3.65. The first-order valence-corrected chi connectivity index (χ1v) is 5.61. The molecular weight excluding hydrogens is 210 g/mol. The number of carbonyl (C=O) groups is 1. The van der Waals surface area contributed by atoms with Gasteiger partial charge in [-0.2, -0.15) is 0 Å². The highest BCUT2D eigenvalue weighted by Crippen LogP contribution is 2.29. The van der Waals surface area contributed by atoms with E-state index in [1.54, 1.807) is 0 Å². The second-order valence-electron chi connectivity index (χ2n) is 4.46. The predicted octanol–water partition coefficient (Wildman–Crippen LogP) is 3.27. The summed E-state index contributed by atoms with van der Waals surface area (Å²) >= 11 is 0. The molecule has 16 heavy (non-hydrogen) atoms. The van der Waals surface area contributed by atoms with Crippen LogP contribution in [0.4, 0.5) is 8.78 Å². The van der Waals surface area contributed by atoms with E-state index in [1.165, 1.54) is 12.5 Å². The van der Waals surface area contributed by atoms with Gasteiger partial charge in [-0.05, 0) is 23.6 Å². The molecule has 0 radical (unpaired) electrons. The van der Waals surface area contributed by atoms with Gasteiger partial charge in [0, 0.05) is 12.8 Å². The van der Waals surface area contributed by atoms with E-state index in [2.05, 4.69) is 0 Å². The number of rotatable bonds is 4. The fourth-order valence-corrected chi connectivity index (χ4v) is 1.97. The zero-order chi connectivity index (χ0) is 11.5. The second kappa shape index (κ2) is 4.73. The minimum absolute atomic E-state index is 0.121. The largest absolute Gasteiger partial charge is 0.299 e. The van der Waals surface area contributed by atoms with Crippen LogP contribution in [0.1, 0.15) is 31.2 Å². The number of benzene rings is 1. The van der Waals surface area contributed by atoms with Crippen LogP contribution in [0.3, 0.4) is 0 Å². The average molecular weight is 224 g/mol. The van der Waals surface area contributed by atoms with Crippen LogP contribution in [-0.2, 0) is 11.2 Å². The summed E-state index contributed by atoms with van der Waals surface area (Å²) < 4.78 is 25.5. The van der Waals surface area contributed by atoms with Gasteiger partial charge in [0.2, 0.25) is 0 Å². The van der Waals surface area contributed by atoms with Crippen molar-refractivity contribution in [3.8, 4) is 0 Å². The lowest BCUT2D eigenvalue weighted by Gasteiger charge is -2.24. The van der Waals surface area contributed by atoms with Crippen molar-refractivity contribution < 1.29 is 13.6 Å². The normalized spacial score (nSPS) is 15.9. The molecule has 86 valence electrons. The third-order valence-corrected chi connectivity index (χ3v) is 3.13. The SMILES string of the molecule is O=C(Cc1ccc(F)c(F)c1)CC1CCC1. The molecule has 1 fully saturated rings. The van der Waals surface area contributed by atoms with Gasteiger partial charge in [-0.1, -0.05) is 25.3 Å². The zero-order valence-corrected chi connectivity index (χ0v) is 9.01. The summed E-state index contributed by atoms with van der Waals surface area (Å²) in [6.45, 7) is 0. The van der Waals surface area contributed by atoms with E-state index in [0.717, 1.165) is 25.0 Å². The Morgan fingerprint density at radius 2 is 2.00 bits per heavy atom. The topological polar surface area (TPSA) is 17.1 Å². The molecule has 1 aliphatic rings. The lowest BCUT2D eigenvalue weighted by molar-refractivity contribution is -0.119. The summed E-state index contributed by atoms with van der Waals surface area (Å²) in [5, 5.41) is 0. The van der Waals surface area contributed by atoms with E-state index >= 15 is 0 Å². The molecule has 0 atom stereocenters. The van der Waals surface area contributed by atoms with Crippen molar-refractivity contribution in [1.29, 1.82) is 0 Å². The Morgan fingerprint density at radius 3 is 2.56 bits per heavy atom. The van der Waals surface area contributed by atoms with Crippen LogP contribution in [0.15, 0.2) is 18.2 Å². The minimum atomic E-state index is -0.881. The Balaban J connectivity index is 1.92. The molecule has 0 unspecified atom stereocenters. The Bertz CT molecular complexity index is 397. The molecule has 0 bridgehead atoms. The lowest BCUT2D eigenvalue weighted by Crippen LogP contribution is -2.17. The number of halogens is 2. The summed E-state index contributed by atoms with van der Waals surface area (Å²) in [5.74, 6) is -1.10. The maximum atomic E-state index is 12.9. The van der Waals surface area contributed by atoms with E-state index in [0.29, 0.717) is 17.9 Å². The van der Waals surface area contributed by atoms with E-state index in [4.69, 9.17) is 0 Å². The smallest absolute Gasteiger partial charge is 0.159 e. The second-order valence-corrected chi connectivity index (χ2v) is 4.46. The molecule has 1 aromatic rings. The lowest BCUT2D eigenvalue weighted by atomic mass is 9.81. The minimum Gasteiger partial charge on any atom is -0.299 e. The summed E-state index contributed by atoms with van der Waals surface area (Å²) in [7, 11) is 0.